The monoisotopic (exact) mass is 172 g/mol. The zero-order valence-corrected chi connectivity index (χ0v) is 6.76. The van der Waals surface area contributed by atoms with Gasteiger partial charge in [-0.25, -0.2) is 8.78 Å². The molecule has 0 aliphatic rings. The first-order valence-electron chi connectivity index (χ1n) is 3.63. The first-order valence-corrected chi connectivity index (χ1v) is 3.63. The van der Waals surface area contributed by atoms with Crippen LogP contribution in [0.3, 0.4) is 0 Å². The van der Waals surface area contributed by atoms with Crippen molar-refractivity contribution in [1.82, 2.24) is 0 Å². The van der Waals surface area contributed by atoms with E-state index in [0.29, 0.717) is 11.3 Å². The molecule has 0 amide bonds. The van der Waals surface area contributed by atoms with E-state index >= 15 is 0 Å². The summed E-state index contributed by atoms with van der Waals surface area (Å²) >= 11 is 0. The number of alkyl halides is 2. The summed E-state index contributed by atoms with van der Waals surface area (Å²) in [6, 6.07) is 6.64. The van der Waals surface area contributed by atoms with Gasteiger partial charge in [0.15, 0.2) is 0 Å². The minimum absolute atomic E-state index is 0.190. The summed E-state index contributed by atoms with van der Waals surface area (Å²) in [4.78, 5) is 0. The largest absolute Gasteiger partial charge is 0.497 e. The van der Waals surface area contributed by atoms with E-state index in [2.05, 4.69) is 0 Å². The van der Waals surface area contributed by atoms with Crippen molar-refractivity contribution in [3.8, 4) is 5.75 Å². The summed E-state index contributed by atoms with van der Waals surface area (Å²) in [5.74, 6) is 0.688. The molecule has 0 aliphatic heterocycles. The van der Waals surface area contributed by atoms with E-state index in [4.69, 9.17) is 4.74 Å². The molecule has 0 saturated carbocycles. The van der Waals surface area contributed by atoms with Crippen LogP contribution < -0.4 is 4.74 Å². The van der Waals surface area contributed by atoms with Crippen LogP contribution in [-0.4, -0.2) is 13.5 Å². The molecule has 3 heteroatoms. The lowest BCUT2D eigenvalue weighted by Crippen LogP contribution is -1.96. The highest BCUT2D eigenvalue weighted by molar-refractivity contribution is 5.27. The quantitative estimate of drug-likeness (QED) is 0.680. The van der Waals surface area contributed by atoms with Crippen LogP contribution in [0.5, 0.6) is 5.75 Å². The predicted molar refractivity (Wildman–Crippen MR) is 42.7 cm³/mol. The van der Waals surface area contributed by atoms with Crippen molar-refractivity contribution in [1.29, 1.82) is 0 Å². The zero-order chi connectivity index (χ0) is 8.97. The van der Waals surface area contributed by atoms with Crippen molar-refractivity contribution >= 4 is 0 Å². The molecular weight excluding hydrogens is 162 g/mol. The number of benzene rings is 1. The number of halogens is 2. The number of ether oxygens (including phenoxy) is 1. The maximum Gasteiger partial charge on any atom is 0.242 e. The molecule has 12 heavy (non-hydrogen) atoms. The molecule has 0 radical (unpaired) electrons. The summed E-state index contributed by atoms with van der Waals surface area (Å²) in [5.41, 5.74) is 0.630. The Morgan fingerprint density at radius 3 is 2.25 bits per heavy atom. The van der Waals surface area contributed by atoms with Crippen LogP contribution in [-0.2, 0) is 6.42 Å². The topological polar surface area (TPSA) is 9.23 Å². The van der Waals surface area contributed by atoms with Crippen molar-refractivity contribution in [2.24, 2.45) is 0 Å². The van der Waals surface area contributed by atoms with Gasteiger partial charge in [0.25, 0.3) is 0 Å². The molecule has 0 aromatic heterocycles. The van der Waals surface area contributed by atoms with E-state index in [9.17, 15) is 8.78 Å². The Kier molecular flexibility index (Phi) is 3.02. The summed E-state index contributed by atoms with van der Waals surface area (Å²) < 4.78 is 28.6. The van der Waals surface area contributed by atoms with E-state index in [0.717, 1.165) is 0 Å². The van der Waals surface area contributed by atoms with E-state index in [1.807, 2.05) is 0 Å². The molecule has 0 fully saturated rings. The van der Waals surface area contributed by atoms with Crippen molar-refractivity contribution in [2.75, 3.05) is 7.11 Å². The van der Waals surface area contributed by atoms with Gasteiger partial charge in [-0.3, -0.25) is 0 Å². The fourth-order valence-electron chi connectivity index (χ4n) is 0.940. The highest BCUT2D eigenvalue weighted by Crippen LogP contribution is 2.13. The second-order valence-electron chi connectivity index (χ2n) is 2.44. The maximum absolute atomic E-state index is 11.9. The average Bonchev–Trinajstić information content (AvgIpc) is 2.05. The SMILES string of the molecule is COc1ccc(CC(F)F)cc1. The van der Waals surface area contributed by atoms with E-state index in [1.54, 1.807) is 31.4 Å². The van der Waals surface area contributed by atoms with Crippen LogP contribution in [0.15, 0.2) is 24.3 Å². The summed E-state index contributed by atoms with van der Waals surface area (Å²) in [6.07, 6.45) is -2.47. The van der Waals surface area contributed by atoms with Gasteiger partial charge in [0.05, 0.1) is 7.11 Å². The molecule has 0 bridgehead atoms. The minimum atomic E-state index is -2.28. The number of rotatable bonds is 3. The lowest BCUT2D eigenvalue weighted by atomic mass is 10.1. The van der Waals surface area contributed by atoms with Gasteiger partial charge in [-0.15, -0.1) is 0 Å². The number of methoxy groups -OCH3 is 1. The fourth-order valence-corrected chi connectivity index (χ4v) is 0.940. The Bertz CT molecular complexity index is 231. The number of hydrogen-bond acceptors (Lipinski definition) is 1. The Morgan fingerprint density at radius 1 is 1.25 bits per heavy atom. The molecule has 1 aromatic carbocycles. The molecule has 0 aliphatic carbocycles. The number of hydrogen-bond donors (Lipinski definition) is 0. The first kappa shape index (κ1) is 8.97. The Labute approximate surface area is 70.0 Å². The van der Waals surface area contributed by atoms with Gasteiger partial charge in [-0.1, -0.05) is 12.1 Å². The smallest absolute Gasteiger partial charge is 0.242 e. The first-order chi connectivity index (χ1) is 5.72. The van der Waals surface area contributed by atoms with Gasteiger partial charge in [0.2, 0.25) is 6.43 Å². The molecule has 66 valence electrons. The highest BCUT2D eigenvalue weighted by atomic mass is 19.3. The molecule has 1 nitrogen and oxygen atoms in total. The minimum Gasteiger partial charge on any atom is -0.497 e. The Morgan fingerprint density at radius 2 is 1.83 bits per heavy atom. The van der Waals surface area contributed by atoms with Crippen LogP contribution in [0.2, 0.25) is 0 Å². The molecular formula is C9H10F2O. The summed E-state index contributed by atoms with van der Waals surface area (Å²) in [6.45, 7) is 0. The van der Waals surface area contributed by atoms with Gasteiger partial charge in [-0.05, 0) is 17.7 Å². The molecule has 0 heterocycles. The van der Waals surface area contributed by atoms with Crippen LogP contribution in [0, 0.1) is 0 Å². The highest BCUT2D eigenvalue weighted by Gasteiger charge is 2.03. The molecule has 0 atom stereocenters. The van der Waals surface area contributed by atoms with Crippen molar-refractivity contribution < 1.29 is 13.5 Å². The van der Waals surface area contributed by atoms with Crippen LogP contribution in [0.25, 0.3) is 0 Å². The van der Waals surface area contributed by atoms with Gasteiger partial charge >= 0.3 is 0 Å². The maximum atomic E-state index is 11.9. The van der Waals surface area contributed by atoms with E-state index < -0.39 is 6.43 Å². The molecule has 0 N–H and O–H groups in total. The fraction of sp³-hybridized carbons (Fsp3) is 0.333. The van der Waals surface area contributed by atoms with E-state index in [-0.39, 0.29) is 6.42 Å². The normalized spacial score (nSPS) is 10.3. The van der Waals surface area contributed by atoms with Gasteiger partial charge in [-0.2, -0.15) is 0 Å². The van der Waals surface area contributed by atoms with Crippen LogP contribution in [0.4, 0.5) is 8.78 Å². The second-order valence-corrected chi connectivity index (χ2v) is 2.44. The average molecular weight is 172 g/mol. The van der Waals surface area contributed by atoms with Crippen molar-refractivity contribution in [3.63, 3.8) is 0 Å². The molecule has 1 rings (SSSR count). The molecule has 0 saturated heterocycles. The predicted octanol–water partition coefficient (Wildman–Crippen LogP) is 2.50. The third-order valence-corrected chi connectivity index (χ3v) is 1.55. The van der Waals surface area contributed by atoms with Gasteiger partial charge < -0.3 is 4.74 Å². The van der Waals surface area contributed by atoms with Crippen molar-refractivity contribution in [3.05, 3.63) is 29.8 Å². The lowest BCUT2D eigenvalue weighted by Gasteiger charge is -2.01. The van der Waals surface area contributed by atoms with Gasteiger partial charge in [0.1, 0.15) is 5.75 Å². The zero-order valence-electron chi connectivity index (χ0n) is 6.76. The molecule has 0 unspecified atom stereocenters. The van der Waals surface area contributed by atoms with Crippen molar-refractivity contribution in [2.45, 2.75) is 12.8 Å². The third kappa shape index (κ3) is 2.49. The summed E-state index contributed by atoms with van der Waals surface area (Å²) in [7, 11) is 1.54. The lowest BCUT2D eigenvalue weighted by molar-refractivity contribution is 0.149. The standard InChI is InChI=1S/C9H10F2O/c1-12-8-4-2-7(3-5-8)6-9(10)11/h2-5,9H,6H2,1H3. The van der Waals surface area contributed by atoms with Crippen LogP contribution in [0.1, 0.15) is 5.56 Å². The van der Waals surface area contributed by atoms with Gasteiger partial charge in [0, 0.05) is 6.42 Å². The Balaban J connectivity index is 2.65. The third-order valence-electron chi connectivity index (χ3n) is 1.55. The second kappa shape index (κ2) is 4.04. The van der Waals surface area contributed by atoms with E-state index in [1.165, 1.54) is 0 Å². The Hall–Kier alpha value is -1.12. The molecule has 0 spiro atoms. The summed E-state index contributed by atoms with van der Waals surface area (Å²) in [5, 5.41) is 0. The molecule has 1 aromatic rings. The van der Waals surface area contributed by atoms with Crippen LogP contribution >= 0.6 is 0 Å².